The van der Waals surface area contributed by atoms with Gasteiger partial charge in [0, 0.05) is 16.5 Å². The quantitative estimate of drug-likeness (QED) is 0.356. The van der Waals surface area contributed by atoms with Crippen LogP contribution in [0, 0.1) is 23.7 Å². The zero-order valence-electron chi connectivity index (χ0n) is 16.5. The molecule has 1 saturated carbocycles. The summed E-state index contributed by atoms with van der Waals surface area (Å²) in [7, 11) is 0. The molecule has 2 unspecified atom stereocenters. The Labute approximate surface area is 184 Å². The van der Waals surface area contributed by atoms with Crippen LogP contribution in [0.3, 0.4) is 0 Å². The van der Waals surface area contributed by atoms with Crippen LogP contribution in [0.1, 0.15) is 36.0 Å². The van der Waals surface area contributed by atoms with Gasteiger partial charge in [0.1, 0.15) is 0 Å². The van der Waals surface area contributed by atoms with Gasteiger partial charge in [-0.05, 0) is 55.4 Å². The van der Waals surface area contributed by atoms with Crippen LogP contribution in [0.15, 0.2) is 70.7 Å². The number of halogens is 1. The summed E-state index contributed by atoms with van der Waals surface area (Å²) >= 11 is 3.42. The van der Waals surface area contributed by atoms with Crippen LogP contribution in [0.4, 0.5) is 5.69 Å². The zero-order valence-corrected chi connectivity index (χ0v) is 18.0. The van der Waals surface area contributed by atoms with Gasteiger partial charge in [0.15, 0.2) is 5.78 Å². The van der Waals surface area contributed by atoms with Crippen LogP contribution in [-0.2, 0) is 9.59 Å². The summed E-state index contributed by atoms with van der Waals surface area (Å²) in [5, 5.41) is 0. The van der Waals surface area contributed by atoms with E-state index in [1.54, 1.807) is 18.2 Å². The van der Waals surface area contributed by atoms with Crippen molar-refractivity contribution in [3.63, 3.8) is 0 Å². The lowest BCUT2D eigenvalue weighted by atomic mass is 9.67. The molecule has 2 aromatic carbocycles. The minimum Gasteiger partial charge on any atom is -0.294 e. The summed E-state index contributed by atoms with van der Waals surface area (Å²) in [6.07, 6.45) is 5.34. The summed E-state index contributed by atoms with van der Waals surface area (Å²) in [6, 6.07) is 16.5. The molecule has 5 rings (SSSR count). The predicted molar refractivity (Wildman–Crippen MR) is 118 cm³/mol. The lowest BCUT2D eigenvalue weighted by Crippen LogP contribution is -2.35. The van der Waals surface area contributed by atoms with Gasteiger partial charge < -0.3 is 0 Å². The zero-order chi connectivity index (χ0) is 20.8. The first-order valence-corrected chi connectivity index (χ1v) is 11.3. The number of allylic oxidation sites excluding steroid dienone is 2. The molecular weight excluding hydrogens is 442 g/mol. The van der Waals surface area contributed by atoms with Gasteiger partial charge >= 0.3 is 0 Å². The van der Waals surface area contributed by atoms with E-state index in [0.717, 1.165) is 23.7 Å². The summed E-state index contributed by atoms with van der Waals surface area (Å²) < 4.78 is 0.853. The highest BCUT2D eigenvalue weighted by Crippen LogP contribution is 2.52. The van der Waals surface area contributed by atoms with Gasteiger partial charge in [-0.2, -0.15) is 0 Å². The Hall–Kier alpha value is -2.53. The number of amides is 2. The maximum atomic E-state index is 13.5. The molecule has 2 amide bonds. The fourth-order valence-corrected chi connectivity index (χ4v) is 5.89. The summed E-state index contributed by atoms with van der Waals surface area (Å²) in [4.78, 5) is 41.3. The van der Waals surface area contributed by atoms with Crippen molar-refractivity contribution in [3.8, 4) is 0 Å². The van der Waals surface area contributed by atoms with Gasteiger partial charge in [0.25, 0.3) is 0 Å². The molecule has 4 atom stereocenters. The van der Waals surface area contributed by atoms with Crippen LogP contribution >= 0.6 is 15.9 Å². The molecule has 2 fully saturated rings. The molecule has 5 heteroatoms. The number of hydrogen-bond acceptors (Lipinski definition) is 3. The minimum absolute atomic E-state index is 0.00626. The van der Waals surface area contributed by atoms with E-state index < -0.39 is 5.92 Å². The van der Waals surface area contributed by atoms with Crippen LogP contribution < -0.4 is 4.90 Å². The number of nitrogens with zero attached hydrogens (tertiary/aromatic N) is 1. The van der Waals surface area contributed by atoms with E-state index in [-0.39, 0.29) is 41.8 Å². The fourth-order valence-electron chi connectivity index (χ4n) is 5.49. The first kappa shape index (κ1) is 19.4. The lowest BCUT2D eigenvalue weighted by Gasteiger charge is -2.33. The van der Waals surface area contributed by atoms with Gasteiger partial charge in [-0.15, -0.1) is 0 Å². The number of Topliss-reactive ketones (excluding diaryl/α,β-unsaturated/α-hetero) is 1. The average molecular weight is 464 g/mol. The van der Waals surface area contributed by atoms with Gasteiger partial charge in [0.05, 0.1) is 17.5 Å². The van der Waals surface area contributed by atoms with E-state index in [0.29, 0.717) is 11.3 Å². The van der Waals surface area contributed by atoms with E-state index in [2.05, 4.69) is 22.0 Å². The Morgan fingerprint density at radius 1 is 1.00 bits per heavy atom. The van der Waals surface area contributed by atoms with E-state index in [1.165, 1.54) is 10.5 Å². The molecule has 152 valence electrons. The third kappa shape index (κ3) is 3.16. The van der Waals surface area contributed by atoms with Crippen LogP contribution in [0.5, 0.6) is 0 Å². The largest absolute Gasteiger partial charge is 0.294 e. The number of benzene rings is 2. The maximum Gasteiger partial charge on any atom is 0.238 e. The number of carbonyl (C=O) groups excluding carboxylic acids is 3. The molecule has 1 heterocycles. The summed E-state index contributed by atoms with van der Waals surface area (Å²) in [5.41, 5.74) is 2.52. The highest BCUT2D eigenvalue weighted by atomic mass is 79.9. The predicted octanol–water partition coefficient (Wildman–Crippen LogP) is 5.18. The number of anilines is 1. The number of carbonyl (C=O) groups is 3. The minimum atomic E-state index is -0.458. The second kappa shape index (κ2) is 7.62. The molecule has 4 nitrogen and oxygen atoms in total. The Morgan fingerprint density at radius 3 is 2.53 bits per heavy atom. The monoisotopic (exact) mass is 463 g/mol. The molecule has 3 aliphatic rings. The average Bonchev–Trinajstić information content (AvgIpc) is 3.31. The van der Waals surface area contributed by atoms with Crippen molar-refractivity contribution in [3.05, 3.63) is 76.3 Å². The van der Waals surface area contributed by atoms with E-state index in [9.17, 15) is 14.4 Å². The molecule has 2 aromatic rings. The number of imide groups is 1. The number of ketones is 1. The second-order valence-electron chi connectivity index (χ2n) is 8.44. The summed E-state index contributed by atoms with van der Waals surface area (Å²) in [6.45, 7) is 0. The Kier molecular flexibility index (Phi) is 4.94. The standard InChI is InChI=1S/C25H22BrNO3/c26-18-8-4-7-16(13-18)21(28)14-17-12-15-6-5-11-20(15)23-22(17)24(29)27(25(23)30)19-9-2-1-3-10-19/h1-4,7-10,12-13,17,20,22-23H,5-6,11,14H2/t17-,20-,22?,23?/m1/s1. The SMILES string of the molecule is O=C(C[C@H]1C=C2CCC[C@H]2C2C(=O)N(c3ccccc3)C(=O)C21)c1cccc(Br)c1. The number of hydrogen-bond donors (Lipinski definition) is 0. The highest BCUT2D eigenvalue weighted by Gasteiger charge is 2.57. The van der Waals surface area contributed by atoms with Crippen molar-refractivity contribution >= 4 is 39.2 Å². The van der Waals surface area contributed by atoms with Crippen LogP contribution in [-0.4, -0.2) is 17.6 Å². The molecule has 0 bridgehead atoms. The Balaban J connectivity index is 1.50. The fraction of sp³-hybridized carbons (Fsp3) is 0.320. The topological polar surface area (TPSA) is 54.5 Å². The molecule has 1 saturated heterocycles. The first-order valence-electron chi connectivity index (χ1n) is 10.5. The van der Waals surface area contributed by atoms with Crippen molar-refractivity contribution in [2.45, 2.75) is 25.7 Å². The van der Waals surface area contributed by atoms with E-state index in [4.69, 9.17) is 0 Å². The lowest BCUT2D eigenvalue weighted by molar-refractivity contribution is -0.122. The van der Waals surface area contributed by atoms with Gasteiger partial charge in [-0.1, -0.05) is 57.9 Å². The molecule has 0 N–H and O–H groups in total. The van der Waals surface area contributed by atoms with Crippen molar-refractivity contribution in [2.75, 3.05) is 4.90 Å². The van der Waals surface area contributed by atoms with Crippen LogP contribution in [0.25, 0.3) is 0 Å². The normalized spacial score (nSPS) is 27.6. The van der Waals surface area contributed by atoms with Gasteiger partial charge in [-0.25, -0.2) is 0 Å². The number of rotatable bonds is 4. The van der Waals surface area contributed by atoms with Crippen molar-refractivity contribution in [1.29, 1.82) is 0 Å². The number of para-hydroxylation sites is 1. The van der Waals surface area contributed by atoms with Crippen molar-refractivity contribution in [1.82, 2.24) is 0 Å². The molecule has 0 aromatic heterocycles. The van der Waals surface area contributed by atoms with Crippen molar-refractivity contribution < 1.29 is 14.4 Å². The van der Waals surface area contributed by atoms with E-state index in [1.807, 2.05) is 36.4 Å². The van der Waals surface area contributed by atoms with E-state index >= 15 is 0 Å². The van der Waals surface area contributed by atoms with Gasteiger partial charge in [-0.3, -0.25) is 19.3 Å². The molecule has 1 aliphatic heterocycles. The van der Waals surface area contributed by atoms with Gasteiger partial charge in [0.2, 0.25) is 11.8 Å². The molecule has 30 heavy (non-hydrogen) atoms. The molecule has 0 radical (unpaired) electrons. The Morgan fingerprint density at radius 2 is 1.77 bits per heavy atom. The van der Waals surface area contributed by atoms with Crippen LogP contribution in [0.2, 0.25) is 0 Å². The second-order valence-corrected chi connectivity index (χ2v) is 9.36. The molecule has 2 aliphatic carbocycles. The molecular formula is C25H22BrNO3. The maximum absolute atomic E-state index is 13.5. The third-order valence-corrected chi connectivity index (χ3v) is 7.25. The Bertz CT molecular complexity index is 1060. The third-order valence-electron chi connectivity index (χ3n) is 6.76. The first-order chi connectivity index (χ1) is 14.5. The smallest absolute Gasteiger partial charge is 0.238 e. The van der Waals surface area contributed by atoms with Crippen molar-refractivity contribution in [2.24, 2.45) is 23.7 Å². The highest BCUT2D eigenvalue weighted by molar-refractivity contribution is 9.10. The number of fused-ring (bicyclic) bond motifs is 3. The molecule has 0 spiro atoms. The summed E-state index contributed by atoms with van der Waals surface area (Å²) in [5.74, 6) is -1.17.